The van der Waals surface area contributed by atoms with Gasteiger partial charge in [-0.3, -0.25) is 0 Å². The van der Waals surface area contributed by atoms with Crippen LogP contribution in [0.25, 0.3) is 0 Å². The zero-order valence-corrected chi connectivity index (χ0v) is 10.4. The molecule has 1 fully saturated rings. The molecule has 0 bridgehead atoms. The Morgan fingerprint density at radius 2 is 2.12 bits per heavy atom. The summed E-state index contributed by atoms with van der Waals surface area (Å²) >= 11 is 4.94. The first kappa shape index (κ1) is 12.5. The normalized spacial score (nSPS) is 16.3. The van der Waals surface area contributed by atoms with Crippen molar-refractivity contribution < 1.29 is 9.13 Å². The molecule has 2 rings (SSSR count). The van der Waals surface area contributed by atoms with Crippen LogP contribution in [0.2, 0.25) is 0 Å². The number of hydrogen-bond acceptors (Lipinski definition) is 2. The third-order valence-electron chi connectivity index (χ3n) is 3.11. The highest BCUT2D eigenvalue weighted by Gasteiger charge is 2.16. The minimum atomic E-state index is -0.282. The van der Waals surface area contributed by atoms with Gasteiger partial charge in [0, 0.05) is 5.56 Å². The summed E-state index contributed by atoms with van der Waals surface area (Å²) in [4.78, 5) is 0.287. The lowest BCUT2D eigenvalue weighted by Gasteiger charge is -2.13. The number of rotatable bonds is 4. The predicted octanol–water partition coefficient (Wildman–Crippen LogP) is 2.92. The van der Waals surface area contributed by atoms with Crippen molar-refractivity contribution in [1.82, 2.24) is 0 Å². The van der Waals surface area contributed by atoms with Crippen molar-refractivity contribution in [2.75, 3.05) is 0 Å². The molecule has 2 nitrogen and oxygen atoms in total. The van der Waals surface area contributed by atoms with E-state index in [0.717, 1.165) is 18.4 Å². The second-order valence-electron chi connectivity index (χ2n) is 4.38. The second-order valence-corrected chi connectivity index (χ2v) is 4.82. The molecule has 1 aliphatic rings. The summed E-state index contributed by atoms with van der Waals surface area (Å²) in [5, 5.41) is 0. The highest BCUT2D eigenvalue weighted by Crippen LogP contribution is 2.23. The Labute approximate surface area is 106 Å². The fourth-order valence-electron chi connectivity index (χ4n) is 2.18. The van der Waals surface area contributed by atoms with E-state index in [4.69, 9.17) is 22.7 Å². The summed E-state index contributed by atoms with van der Waals surface area (Å²) in [6, 6.07) is 4.43. The summed E-state index contributed by atoms with van der Waals surface area (Å²) < 4.78 is 18.9. The van der Waals surface area contributed by atoms with Crippen molar-refractivity contribution in [3.05, 3.63) is 35.1 Å². The molecule has 1 aliphatic carbocycles. The number of benzene rings is 1. The van der Waals surface area contributed by atoms with Crippen LogP contribution in [0.1, 0.15) is 36.8 Å². The van der Waals surface area contributed by atoms with Gasteiger partial charge in [0.1, 0.15) is 10.8 Å². The monoisotopic (exact) mass is 253 g/mol. The zero-order chi connectivity index (χ0) is 12.3. The number of nitrogens with two attached hydrogens (primary N) is 1. The Morgan fingerprint density at radius 1 is 1.41 bits per heavy atom. The van der Waals surface area contributed by atoms with Crippen molar-refractivity contribution in [2.45, 2.75) is 38.4 Å². The molecule has 1 saturated carbocycles. The van der Waals surface area contributed by atoms with E-state index in [-0.39, 0.29) is 10.8 Å². The molecule has 0 amide bonds. The first-order chi connectivity index (χ1) is 8.16. The van der Waals surface area contributed by atoms with Gasteiger partial charge < -0.3 is 10.5 Å². The van der Waals surface area contributed by atoms with Gasteiger partial charge in [-0.2, -0.15) is 0 Å². The van der Waals surface area contributed by atoms with Crippen LogP contribution in [0.4, 0.5) is 4.39 Å². The highest BCUT2D eigenvalue weighted by atomic mass is 32.1. The van der Waals surface area contributed by atoms with E-state index < -0.39 is 0 Å². The molecule has 1 aromatic rings. The van der Waals surface area contributed by atoms with Gasteiger partial charge in [-0.25, -0.2) is 4.39 Å². The molecule has 0 aromatic heterocycles. The Balaban J connectivity index is 2.07. The van der Waals surface area contributed by atoms with Gasteiger partial charge in [0.25, 0.3) is 0 Å². The molecule has 0 spiro atoms. The summed E-state index contributed by atoms with van der Waals surface area (Å²) in [6.07, 6.45) is 4.93. The van der Waals surface area contributed by atoms with Gasteiger partial charge in [-0.1, -0.05) is 25.1 Å². The maximum absolute atomic E-state index is 13.2. The Kier molecular flexibility index (Phi) is 4.07. The molecule has 92 valence electrons. The van der Waals surface area contributed by atoms with E-state index in [2.05, 4.69) is 0 Å². The van der Waals surface area contributed by atoms with E-state index in [1.54, 1.807) is 6.07 Å². The predicted molar refractivity (Wildman–Crippen MR) is 69.3 cm³/mol. The van der Waals surface area contributed by atoms with Gasteiger partial charge in [0.2, 0.25) is 0 Å². The molecule has 0 heterocycles. The lowest BCUT2D eigenvalue weighted by Crippen LogP contribution is -2.15. The van der Waals surface area contributed by atoms with Crippen LogP contribution in [0.5, 0.6) is 0 Å². The van der Waals surface area contributed by atoms with Gasteiger partial charge in [0.15, 0.2) is 0 Å². The third-order valence-corrected chi connectivity index (χ3v) is 3.33. The summed E-state index contributed by atoms with van der Waals surface area (Å²) in [5.41, 5.74) is 7.05. The average Bonchev–Trinajstić information content (AvgIpc) is 2.78. The molecule has 1 aromatic carbocycles. The molecule has 2 N–H and O–H groups in total. The average molecular weight is 253 g/mol. The van der Waals surface area contributed by atoms with Crippen molar-refractivity contribution in [1.29, 1.82) is 0 Å². The maximum Gasteiger partial charge on any atom is 0.123 e. The minimum Gasteiger partial charge on any atom is -0.389 e. The largest absolute Gasteiger partial charge is 0.389 e. The second kappa shape index (κ2) is 5.56. The standard InChI is InChI=1S/C13H16FNOS/c14-10-5-6-12(13(15)17)9(7-10)8-16-11-3-1-2-4-11/h5-7,11H,1-4,8H2,(H2,15,17). The molecular weight excluding hydrogens is 237 g/mol. The lowest BCUT2D eigenvalue weighted by molar-refractivity contribution is 0.0455. The Bertz CT molecular complexity index is 416. The van der Waals surface area contributed by atoms with E-state index in [9.17, 15) is 4.39 Å². The minimum absolute atomic E-state index is 0.282. The van der Waals surface area contributed by atoms with Crippen LogP contribution in [0.3, 0.4) is 0 Å². The molecular formula is C13H16FNOS. The van der Waals surface area contributed by atoms with Crippen LogP contribution >= 0.6 is 12.2 Å². The molecule has 0 unspecified atom stereocenters. The quantitative estimate of drug-likeness (QED) is 0.838. The number of halogens is 1. The van der Waals surface area contributed by atoms with Gasteiger partial charge >= 0.3 is 0 Å². The van der Waals surface area contributed by atoms with Crippen LogP contribution < -0.4 is 5.73 Å². The van der Waals surface area contributed by atoms with Crippen LogP contribution in [0, 0.1) is 5.82 Å². The number of hydrogen-bond donors (Lipinski definition) is 1. The zero-order valence-electron chi connectivity index (χ0n) is 9.62. The number of ether oxygens (including phenoxy) is 1. The summed E-state index contributed by atoms with van der Waals surface area (Å²) in [6.45, 7) is 0.384. The first-order valence-electron chi connectivity index (χ1n) is 5.86. The van der Waals surface area contributed by atoms with Crippen molar-refractivity contribution in [3.63, 3.8) is 0 Å². The molecule has 4 heteroatoms. The fourth-order valence-corrected chi connectivity index (χ4v) is 2.38. The fraction of sp³-hybridized carbons (Fsp3) is 0.462. The molecule has 0 saturated heterocycles. The van der Waals surface area contributed by atoms with Crippen LogP contribution in [0.15, 0.2) is 18.2 Å². The van der Waals surface area contributed by atoms with Gasteiger partial charge in [-0.05, 0) is 36.6 Å². The smallest absolute Gasteiger partial charge is 0.123 e. The third kappa shape index (κ3) is 3.23. The topological polar surface area (TPSA) is 35.2 Å². The van der Waals surface area contributed by atoms with E-state index >= 15 is 0 Å². The van der Waals surface area contributed by atoms with E-state index in [1.807, 2.05) is 0 Å². The molecule has 17 heavy (non-hydrogen) atoms. The van der Waals surface area contributed by atoms with E-state index in [1.165, 1.54) is 25.0 Å². The first-order valence-corrected chi connectivity index (χ1v) is 6.27. The maximum atomic E-state index is 13.2. The summed E-state index contributed by atoms with van der Waals surface area (Å²) in [5.74, 6) is -0.282. The van der Waals surface area contributed by atoms with Gasteiger partial charge in [0.05, 0.1) is 12.7 Å². The van der Waals surface area contributed by atoms with E-state index in [0.29, 0.717) is 18.3 Å². The van der Waals surface area contributed by atoms with Crippen molar-refractivity contribution in [3.8, 4) is 0 Å². The summed E-state index contributed by atoms with van der Waals surface area (Å²) in [7, 11) is 0. The Morgan fingerprint density at radius 3 is 2.76 bits per heavy atom. The molecule has 0 aliphatic heterocycles. The lowest BCUT2D eigenvalue weighted by atomic mass is 10.1. The highest BCUT2D eigenvalue weighted by molar-refractivity contribution is 7.80. The Hall–Kier alpha value is -1.00. The number of thiocarbonyl (C=S) groups is 1. The van der Waals surface area contributed by atoms with Crippen molar-refractivity contribution in [2.24, 2.45) is 5.73 Å². The molecule has 0 atom stereocenters. The molecule has 0 radical (unpaired) electrons. The van der Waals surface area contributed by atoms with Crippen LogP contribution in [-0.4, -0.2) is 11.1 Å². The van der Waals surface area contributed by atoms with Crippen LogP contribution in [-0.2, 0) is 11.3 Å². The van der Waals surface area contributed by atoms with Crippen molar-refractivity contribution >= 4 is 17.2 Å². The van der Waals surface area contributed by atoms with Gasteiger partial charge in [-0.15, -0.1) is 0 Å². The SMILES string of the molecule is NC(=S)c1ccc(F)cc1COC1CCCC1.